The molecule has 152 valence electrons. The van der Waals surface area contributed by atoms with Gasteiger partial charge in [0.15, 0.2) is 5.13 Å². The summed E-state index contributed by atoms with van der Waals surface area (Å²) in [5.41, 5.74) is 2.04. The molecular formula is C18H24N4O4S2. The van der Waals surface area contributed by atoms with Gasteiger partial charge in [-0.1, -0.05) is 0 Å². The van der Waals surface area contributed by atoms with Gasteiger partial charge in [-0.25, -0.2) is 13.4 Å². The minimum atomic E-state index is -3.23. The summed E-state index contributed by atoms with van der Waals surface area (Å²) in [4.78, 5) is 21.2. The summed E-state index contributed by atoms with van der Waals surface area (Å²) in [5, 5.41) is 2.80. The highest BCUT2D eigenvalue weighted by atomic mass is 32.2. The number of benzene rings is 1. The fraction of sp³-hybridized carbons (Fsp3) is 0.444. The quantitative estimate of drug-likeness (QED) is 0.725. The first kappa shape index (κ1) is 20.6. The summed E-state index contributed by atoms with van der Waals surface area (Å²) in [6, 6.07) is 5.29. The fourth-order valence-corrected chi connectivity index (χ4v) is 4.63. The van der Waals surface area contributed by atoms with Gasteiger partial charge in [0.25, 0.3) is 5.91 Å². The maximum Gasteiger partial charge on any atom is 0.253 e. The number of hydrogen-bond acceptors (Lipinski definition) is 7. The molecule has 0 saturated carbocycles. The van der Waals surface area contributed by atoms with E-state index < -0.39 is 10.0 Å². The first-order chi connectivity index (χ1) is 13.2. The van der Waals surface area contributed by atoms with Crippen LogP contribution in [-0.2, 0) is 10.0 Å². The molecule has 1 amide bonds. The second kappa shape index (κ2) is 8.06. The van der Waals surface area contributed by atoms with Crippen LogP contribution >= 0.6 is 11.3 Å². The second-order valence-electron chi connectivity index (χ2n) is 6.78. The minimum absolute atomic E-state index is 0.125. The Balaban J connectivity index is 1.84. The van der Waals surface area contributed by atoms with E-state index in [1.165, 1.54) is 21.9 Å². The molecule has 1 aliphatic heterocycles. The Kier molecular flexibility index (Phi) is 5.92. The van der Waals surface area contributed by atoms with E-state index in [1.54, 1.807) is 30.2 Å². The van der Waals surface area contributed by atoms with Gasteiger partial charge >= 0.3 is 0 Å². The molecule has 0 bridgehead atoms. The third kappa shape index (κ3) is 4.29. The molecule has 2 aromatic rings. The maximum absolute atomic E-state index is 12.9. The summed E-state index contributed by atoms with van der Waals surface area (Å²) < 4.78 is 30.2. The van der Waals surface area contributed by atoms with Crippen molar-refractivity contribution < 1.29 is 17.9 Å². The summed E-state index contributed by atoms with van der Waals surface area (Å²) in [6.45, 7) is 1.36. The van der Waals surface area contributed by atoms with Crippen LogP contribution in [0, 0.1) is 0 Å². The molecule has 0 unspecified atom stereocenters. The van der Waals surface area contributed by atoms with E-state index in [9.17, 15) is 13.2 Å². The number of aromatic nitrogens is 1. The molecule has 1 aliphatic rings. The van der Waals surface area contributed by atoms with Gasteiger partial charge in [0.1, 0.15) is 5.75 Å². The average molecular weight is 425 g/mol. The van der Waals surface area contributed by atoms with Crippen LogP contribution in [0.4, 0.5) is 5.13 Å². The number of carbonyl (C=O) groups excluding carboxylic acids is 1. The van der Waals surface area contributed by atoms with E-state index in [-0.39, 0.29) is 5.91 Å². The van der Waals surface area contributed by atoms with Crippen LogP contribution < -0.4 is 9.64 Å². The van der Waals surface area contributed by atoms with Crippen molar-refractivity contribution in [1.29, 1.82) is 0 Å². The lowest BCUT2D eigenvalue weighted by atomic mass is 10.1. The van der Waals surface area contributed by atoms with Crippen molar-refractivity contribution in [1.82, 2.24) is 14.2 Å². The predicted molar refractivity (Wildman–Crippen MR) is 111 cm³/mol. The standard InChI is InChI=1S/C18H24N4O4S2/c1-20(2)18-19-15(12-27-18)14-11-13(5-6-16(14)26-3)17(23)21-7-9-22(10-8-21)28(4,24)25/h5-6,11-12H,7-10H2,1-4H3. The number of methoxy groups -OCH3 is 1. The lowest BCUT2D eigenvalue weighted by Crippen LogP contribution is -2.50. The first-order valence-electron chi connectivity index (χ1n) is 8.76. The average Bonchev–Trinajstić information content (AvgIpc) is 3.17. The SMILES string of the molecule is COc1ccc(C(=O)N2CCN(S(C)(=O)=O)CC2)cc1-c1csc(N(C)C)n1. The lowest BCUT2D eigenvalue weighted by Gasteiger charge is -2.33. The van der Waals surface area contributed by atoms with E-state index in [1.807, 2.05) is 24.4 Å². The molecule has 10 heteroatoms. The molecule has 0 atom stereocenters. The third-order valence-electron chi connectivity index (χ3n) is 4.59. The zero-order valence-corrected chi connectivity index (χ0v) is 18.0. The normalized spacial score (nSPS) is 15.5. The first-order valence-corrected chi connectivity index (χ1v) is 11.5. The summed E-state index contributed by atoms with van der Waals surface area (Å²) in [6.07, 6.45) is 1.19. The largest absolute Gasteiger partial charge is 0.496 e. The van der Waals surface area contributed by atoms with Gasteiger partial charge in [0.2, 0.25) is 10.0 Å². The number of sulfonamides is 1. The van der Waals surface area contributed by atoms with Crippen LogP contribution in [0.25, 0.3) is 11.3 Å². The van der Waals surface area contributed by atoms with Gasteiger partial charge in [-0.15, -0.1) is 11.3 Å². The van der Waals surface area contributed by atoms with Crippen LogP contribution in [0.2, 0.25) is 0 Å². The highest BCUT2D eigenvalue weighted by Gasteiger charge is 2.27. The molecule has 0 radical (unpaired) electrons. The Morgan fingerprint density at radius 1 is 1.21 bits per heavy atom. The molecule has 0 aliphatic carbocycles. The lowest BCUT2D eigenvalue weighted by molar-refractivity contribution is 0.0698. The second-order valence-corrected chi connectivity index (χ2v) is 9.60. The van der Waals surface area contributed by atoms with Crippen molar-refractivity contribution in [2.45, 2.75) is 0 Å². The highest BCUT2D eigenvalue weighted by Crippen LogP contribution is 2.34. The summed E-state index contributed by atoms with van der Waals surface area (Å²) in [7, 11) is 2.21. The molecule has 1 aromatic carbocycles. The van der Waals surface area contributed by atoms with E-state index in [0.29, 0.717) is 37.5 Å². The van der Waals surface area contributed by atoms with E-state index in [4.69, 9.17) is 4.74 Å². The summed E-state index contributed by atoms with van der Waals surface area (Å²) >= 11 is 1.52. The molecule has 0 N–H and O–H groups in total. The fourth-order valence-electron chi connectivity index (χ4n) is 3.04. The summed E-state index contributed by atoms with van der Waals surface area (Å²) in [5.74, 6) is 0.522. The number of anilines is 1. The molecule has 28 heavy (non-hydrogen) atoms. The third-order valence-corrected chi connectivity index (χ3v) is 6.90. The molecule has 3 rings (SSSR count). The topological polar surface area (TPSA) is 83.0 Å². The molecule has 1 saturated heterocycles. The van der Waals surface area contributed by atoms with Gasteiger partial charge in [0, 0.05) is 56.8 Å². The van der Waals surface area contributed by atoms with Crippen molar-refractivity contribution in [3.63, 3.8) is 0 Å². The van der Waals surface area contributed by atoms with Gasteiger partial charge in [0.05, 0.1) is 19.1 Å². The number of rotatable bonds is 5. The molecule has 8 nitrogen and oxygen atoms in total. The number of thiazole rings is 1. The Morgan fingerprint density at radius 3 is 2.43 bits per heavy atom. The minimum Gasteiger partial charge on any atom is -0.496 e. The molecule has 2 heterocycles. The molecule has 1 aromatic heterocycles. The van der Waals surface area contributed by atoms with Crippen molar-refractivity contribution in [3.8, 4) is 17.0 Å². The van der Waals surface area contributed by atoms with Crippen LogP contribution in [0.5, 0.6) is 5.75 Å². The predicted octanol–water partition coefficient (Wildman–Crippen LogP) is 1.60. The Hall–Kier alpha value is -2.17. The van der Waals surface area contributed by atoms with Gasteiger partial charge in [-0.2, -0.15) is 4.31 Å². The maximum atomic E-state index is 12.9. The van der Waals surface area contributed by atoms with Gasteiger partial charge in [-0.05, 0) is 18.2 Å². The highest BCUT2D eigenvalue weighted by molar-refractivity contribution is 7.88. The number of ether oxygens (including phenoxy) is 1. The van der Waals surface area contributed by atoms with E-state index in [0.717, 1.165) is 16.4 Å². The van der Waals surface area contributed by atoms with Crippen molar-refractivity contribution in [2.75, 3.05) is 58.5 Å². The van der Waals surface area contributed by atoms with Gasteiger partial charge < -0.3 is 14.5 Å². The van der Waals surface area contributed by atoms with Crippen LogP contribution in [0.15, 0.2) is 23.6 Å². The number of hydrogen-bond donors (Lipinski definition) is 0. The van der Waals surface area contributed by atoms with E-state index >= 15 is 0 Å². The molecule has 1 fully saturated rings. The monoisotopic (exact) mass is 424 g/mol. The zero-order valence-electron chi connectivity index (χ0n) is 16.4. The smallest absolute Gasteiger partial charge is 0.253 e. The van der Waals surface area contributed by atoms with Crippen LogP contribution in [-0.4, -0.2) is 82.2 Å². The number of nitrogens with zero attached hydrogens (tertiary/aromatic N) is 4. The van der Waals surface area contributed by atoms with Crippen molar-refractivity contribution in [3.05, 3.63) is 29.1 Å². The van der Waals surface area contributed by atoms with Crippen LogP contribution in [0.1, 0.15) is 10.4 Å². The molecular weight excluding hydrogens is 400 g/mol. The number of amides is 1. The van der Waals surface area contributed by atoms with E-state index in [2.05, 4.69) is 4.98 Å². The Bertz CT molecular complexity index is 964. The molecule has 0 spiro atoms. The Morgan fingerprint density at radius 2 is 1.89 bits per heavy atom. The van der Waals surface area contributed by atoms with Gasteiger partial charge in [-0.3, -0.25) is 4.79 Å². The Labute approximate surface area is 169 Å². The van der Waals surface area contributed by atoms with Crippen LogP contribution in [0.3, 0.4) is 0 Å². The number of piperazine rings is 1. The van der Waals surface area contributed by atoms with Crippen molar-refractivity contribution in [2.24, 2.45) is 0 Å². The van der Waals surface area contributed by atoms with Crippen molar-refractivity contribution >= 4 is 32.4 Å². The zero-order chi connectivity index (χ0) is 20.5. The number of carbonyl (C=O) groups is 1.